The Morgan fingerprint density at radius 3 is 0.972 bits per heavy atom. The molecule has 0 atom stereocenters. The summed E-state index contributed by atoms with van der Waals surface area (Å²) in [5.41, 5.74) is 1.24. The summed E-state index contributed by atoms with van der Waals surface area (Å²) in [6.45, 7) is 10.9. The molecule has 0 unspecified atom stereocenters. The van der Waals surface area contributed by atoms with E-state index in [4.69, 9.17) is 28.4 Å². The van der Waals surface area contributed by atoms with Crippen molar-refractivity contribution >= 4 is 58.2 Å². The lowest BCUT2D eigenvalue weighted by Gasteiger charge is -2.37. The van der Waals surface area contributed by atoms with Crippen LogP contribution in [0.25, 0.3) is 10.8 Å². The van der Waals surface area contributed by atoms with Crippen LogP contribution in [0.1, 0.15) is 153 Å². The van der Waals surface area contributed by atoms with Crippen molar-refractivity contribution in [2.24, 2.45) is 47.3 Å². The Kier molecular flexibility index (Phi) is 21.6. The molecule has 6 rings (SSSR count). The Morgan fingerprint density at radius 2 is 0.694 bits per heavy atom. The molecule has 0 spiro atoms. The van der Waals surface area contributed by atoms with Gasteiger partial charge in [-0.3, -0.25) is 28.8 Å². The van der Waals surface area contributed by atoms with Gasteiger partial charge in [0.2, 0.25) is 0 Å². The van der Waals surface area contributed by atoms with Gasteiger partial charge in [0.05, 0.1) is 50.1 Å². The summed E-state index contributed by atoms with van der Waals surface area (Å²) in [4.78, 5) is 101. The Morgan fingerprint density at radius 1 is 0.417 bits per heavy atom. The van der Waals surface area contributed by atoms with E-state index >= 15 is 0 Å². The molecule has 0 aliphatic heterocycles. The van der Waals surface area contributed by atoms with Gasteiger partial charge in [-0.05, 0) is 189 Å². The Balaban J connectivity index is 1.01. The van der Waals surface area contributed by atoms with E-state index in [-0.39, 0.29) is 96.7 Å². The third kappa shape index (κ3) is 16.2. The van der Waals surface area contributed by atoms with Crippen LogP contribution < -0.4 is 9.47 Å². The van der Waals surface area contributed by atoms with Gasteiger partial charge in [0.25, 0.3) is 0 Å². The van der Waals surface area contributed by atoms with E-state index < -0.39 is 11.9 Å². The van der Waals surface area contributed by atoms with E-state index in [1.165, 1.54) is 13.8 Å². The van der Waals surface area contributed by atoms with Crippen molar-refractivity contribution in [3.8, 4) is 11.5 Å². The average Bonchev–Trinajstić information content (AvgIpc) is 3.39. The van der Waals surface area contributed by atoms with Crippen LogP contribution in [0.3, 0.4) is 0 Å². The number of benzene rings is 2. The summed E-state index contributed by atoms with van der Waals surface area (Å²) in [6, 6.07) is 6.88. The van der Waals surface area contributed by atoms with Crippen LogP contribution >= 0.6 is 0 Å². The van der Waals surface area contributed by atoms with Crippen molar-refractivity contribution < 1.29 is 66.8 Å². The fourth-order valence-corrected chi connectivity index (χ4v) is 11.7. The third-order valence-corrected chi connectivity index (χ3v) is 15.7. The first-order valence-electron chi connectivity index (χ1n) is 26.7. The first-order valence-corrected chi connectivity index (χ1v) is 26.7. The van der Waals surface area contributed by atoms with Crippen molar-refractivity contribution in [3.05, 3.63) is 60.7 Å². The molecule has 2 aromatic rings. The zero-order valence-electron chi connectivity index (χ0n) is 42.6. The minimum Gasteiger partial charge on any atom is -0.465 e. The fourth-order valence-electron chi connectivity index (χ4n) is 11.7. The highest BCUT2D eigenvalue weighted by molar-refractivity contribution is 6.03. The Hall–Kier alpha value is -5.66. The second kappa shape index (κ2) is 28.0. The normalized spacial score (nSPS) is 24.2. The molecule has 0 N–H and O–H groups in total. The molecule has 0 bridgehead atoms. The highest BCUT2D eigenvalue weighted by Crippen LogP contribution is 2.45. The predicted molar refractivity (Wildman–Crippen MR) is 268 cm³/mol. The molecule has 2 aromatic carbocycles. The molecule has 72 heavy (non-hydrogen) atoms. The molecular formula is C58H76O14. The maximum absolute atomic E-state index is 14.0. The van der Waals surface area contributed by atoms with Gasteiger partial charge in [0.15, 0.2) is 0 Å². The minimum absolute atomic E-state index is 0.0581. The van der Waals surface area contributed by atoms with Crippen LogP contribution in [-0.2, 0) is 70.1 Å². The van der Waals surface area contributed by atoms with E-state index in [0.29, 0.717) is 110 Å². The third-order valence-electron chi connectivity index (χ3n) is 15.7. The molecule has 0 radical (unpaired) electrons. The molecule has 14 heteroatoms. The van der Waals surface area contributed by atoms with Gasteiger partial charge in [0, 0.05) is 35.8 Å². The number of unbranched alkanes of at least 4 members (excludes halogenated alkanes) is 2. The second-order valence-electron chi connectivity index (χ2n) is 20.7. The smallest absolute Gasteiger partial charge is 0.330 e. The molecule has 0 aromatic heterocycles. The first kappa shape index (κ1) is 55.7. The number of fused-ring (bicyclic) bond motifs is 1. The molecule has 4 saturated carbocycles. The van der Waals surface area contributed by atoms with Crippen LogP contribution in [-0.4, -0.2) is 73.8 Å². The fraction of sp³-hybridized carbons (Fsp3) is 0.621. The number of carbonyl (C=O) groups excluding carboxylic acids is 8. The van der Waals surface area contributed by atoms with Gasteiger partial charge < -0.3 is 28.4 Å². The van der Waals surface area contributed by atoms with Crippen LogP contribution in [0.4, 0.5) is 0 Å². The van der Waals surface area contributed by atoms with Gasteiger partial charge in [0.1, 0.15) is 23.1 Å². The summed E-state index contributed by atoms with van der Waals surface area (Å²) in [5, 5.41) is 0.991. The maximum Gasteiger partial charge on any atom is 0.330 e. The number of hydrogen-bond acceptors (Lipinski definition) is 14. The number of ether oxygens (including phenoxy) is 6. The van der Waals surface area contributed by atoms with Gasteiger partial charge in [-0.2, -0.15) is 0 Å². The highest BCUT2D eigenvalue weighted by atomic mass is 16.6. The summed E-state index contributed by atoms with van der Waals surface area (Å²) in [6.07, 6.45) is 17.9. The van der Waals surface area contributed by atoms with E-state index in [2.05, 4.69) is 13.2 Å². The second-order valence-corrected chi connectivity index (χ2v) is 20.7. The molecule has 0 saturated heterocycles. The summed E-state index contributed by atoms with van der Waals surface area (Å²) >= 11 is 0. The van der Waals surface area contributed by atoms with Crippen molar-refractivity contribution in [1.82, 2.24) is 0 Å². The van der Waals surface area contributed by atoms with Gasteiger partial charge in [-0.15, -0.1) is 0 Å². The standard InChI is InChI=1S/C58H76O14/c1-5-51(61)67-31-7-9-33-69-55(63)43-19-11-39(12-20-43)41-15-23-45(24-16-41)57(65)71-49-29-30-50(54-48(36-38(4)60)28-27-47(53(49)54)35-37(3)59)72-58(66)46-25-17-42(18-26-46)40-13-21-44(22-14-40)56(64)70-34-10-8-32-68-52(62)6-2/h5-6,27-30,39-46H,1-2,7-26,31-36H2,3-4H3. The van der Waals surface area contributed by atoms with Crippen molar-refractivity contribution in [2.45, 2.75) is 155 Å². The zero-order valence-corrected chi connectivity index (χ0v) is 42.6. The van der Waals surface area contributed by atoms with Crippen LogP contribution in [0.2, 0.25) is 0 Å². The predicted octanol–water partition coefficient (Wildman–Crippen LogP) is 10.2. The molecule has 4 aliphatic carbocycles. The molecular weight excluding hydrogens is 921 g/mol. The number of ketones is 2. The summed E-state index contributed by atoms with van der Waals surface area (Å²) in [5.74, 6) is -0.597. The summed E-state index contributed by atoms with van der Waals surface area (Å²) < 4.78 is 33.5. The number of hydrogen-bond donors (Lipinski definition) is 0. The lowest BCUT2D eigenvalue weighted by Crippen LogP contribution is -2.32. The number of carbonyl (C=O) groups is 8. The van der Waals surface area contributed by atoms with Crippen LogP contribution in [0.5, 0.6) is 11.5 Å². The lowest BCUT2D eigenvalue weighted by atomic mass is 9.69. The Bertz CT molecular complexity index is 2090. The molecule has 0 heterocycles. The molecule has 0 amide bonds. The van der Waals surface area contributed by atoms with Gasteiger partial charge >= 0.3 is 35.8 Å². The van der Waals surface area contributed by atoms with Crippen molar-refractivity contribution in [2.75, 3.05) is 26.4 Å². The maximum atomic E-state index is 14.0. The van der Waals surface area contributed by atoms with Crippen LogP contribution in [0.15, 0.2) is 49.6 Å². The topological polar surface area (TPSA) is 192 Å². The number of Topliss-reactive ketones (excluding diaryl/α,β-unsaturated/α-hetero) is 2. The highest BCUT2D eigenvalue weighted by Gasteiger charge is 2.38. The number of rotatable bonds is 24. The molecule has 4 aliphatic rings. The van der Waals surface area contributed by atoms with Crippen molar-refractivity contribution in [3.63, 3.8) is 0 Å². The largest absolute Gasteiger partial charge is 0.465 e. The molecule has 14 nitrogen and oxygen atoms in total. The van der Waals surface area contributed by atoms with Gasteiger partial charge in [-0.25, -0.2) is 9.59 Å². The van der Waals surface area contributed by atoms with Crippen molar-refractivity contribution in [1.29, 1.82) is 0 Å². The molecule has 392 valence electrons. The summed E-state index contributed by atoms with van der Waals surface area (Å²) in [7, 11) is 0. The minimum atomic E-state index is -0.463. The van der Waals surface area contributed by atoms with E-state index in [1.54, 1.807) is 24.3 Å². The zero-order chi connectivity index (χ0) is 51.6. The van der Waals surface area contributed by atoms with E-state index in [0.717, 1.165) is 89.2 Å². The lowest BCUT2D eigenvalue weighted by molar-refractivity contribution is -0.151. The Labute approximate surface area is 424 Å². The first-order chi connectivity index (χ1) is 34.7. The SMILES string of the molecule is C=CC(=O)OCCCCOC(=O)C1CCC(C2CCC(C(=O)Oc3ccc(OC(=O)C4CCC(C5CCC(C(=O)OCCCCOC(=O)C=C)CC5)CC4)c4c(CC(C)=O)ccc(CC(C)=O)c34)CC2)CC1. The average molecular weight is 997 g/mol. The van der Waals surface area contributed by atoms with Gasteiger partial charge in [-0.1, -0.05) is 25.3 Å². The van der Waals surface area contributed by atoms with Crippen LogP contribution in [0, 0.1) is 47.3 Å². The quantitative estimate of drug-likeness (QED) is 0.0317. The van der Waals surface area contributed by atoms with E-state index in [1.807, 2.05) is 0 Å². The number of esters is 6. The monoisotopic (exact) mass is 997 g/mol. The van der Waals surface area contributed by atoms with E-state index in [9.17, 15) is 38.4 Å². The molecule has 4 fully saturated rings.